The summed E-state index contributed by atoms with van der Waals surface area (Å²) in [6.07, 6.45) is 7.74. The van der Waals surface area contributed by atoms with Gasteiger partial charge < -0.3 is 5.32 Å². The van der Waals surface area contributed by atoms with Crippen molar-refractivity contribution in [3.8, 4) is 0 Å². The molecule has 4 nitrogen and oxygen atoms in total. The minimum atomic E-state index is 0.0945. The smallest absolute Gasteiger partial charge is 0.230 e. The molecule has 1 heterocycles. The van der Waals surface area contributed by atoms with Crippen LogP contribution in [0.15, 0.2) is 17.4 Å². The van der Waals surface area contributed by atoms with Gasteiger partial charge in [-0.2, -0.15) is 0 Å². The molecule has 1 fully saturated rings. The fraction of sp³-hybridized carbons (Fsp3) is 0.615. The normalized spacial score (nSPS) is 16.5. The number of carbonyl (C=O) groups excluding carboxylic acids is 1. The zero-order valence-corrected chi connectivity index (χ0v) is 11.5. The Labute approximate surface area is 112 Å². The third-order valence-electron chi connectivity index (χ3n) is 3.08. The van der Waals surface area contributed by atoms with Gasteiger partial charge in [0.15, 0.2) is 5.16 Å². The van der Waals surface area contributed by atoms with Gasteiger partial charge in [-0.1, -0.05) is 31.0 Å². The number of hydrogen-bond acceptors (Lipinski definition) is 4. The SMILES string of the molecule is Cc1ccnc(SCC(=O)NC2CCCCC2)n1. The van der Waals surface area contributed by atoms with Crippen molar-refractivity contribution in [3.05, 3.63) is 18.0 Å². The minimum Gasteiger partial charge on any atom is -0.353 e. The van der Waals surface area contributed by atoms with E-state index in [2.05, 4.69) is 15.3 Å². The lowest BCUT2D eigenvalue weighted by atomic mass is 9.95. The van der Waals surface area contributed by atoms with E-state index in [9.17, 15) is 4.79 Å². The molecule has 0 unspecified atom stereocenters. The van der Waals surface area contributed by atoms with Gasteiger partial charge in [0, 0.05) is 17.9 Å². The quantitative estimate of drug-likeness (QED) is 0.670. The van der Waals surface area contributed by atoms with Gasteiger partial charge >= 0.3 is 0 Å². The molecule has 18 heavy (non-hydrogen) atoms. The summed E-state index contributed by atoms with van der Waals surface area (Å²) in [6.45, 7) is 1.92. The van der Waals surface area contributed by atoms with E-state index in [1.807, 2.05) is 13.0 Å². The van der Waals surface area contributed by atoms with Crippen LogP contribution in [-0.2, 0) is 4.79 Å². The molecule has 1 aliphatic carbocycles. The number of aromatic nitrogens is 2. The van der Waals surface area contributed by atoms with E-state index in [4.69, 9.17) is 0 Å². The lowest BCUT2D eigenvalue weighted by molar-refractivity contribution is -0.119. The molecule has 0 radical (unpaired) electrons. The molecule has 0 aliphatic heterocycles. The van der Waals surface area contributed by atoms with Crippen LogP contribution in [-0.4, -0.2) is 27.7 Å². The molecule has 1 saturated carbocycles. The van der Waals surface area contributed by atoms with Crippen molar-refractivity contribution in [1.82, 2.24) is 15.3 Å². The van der Waals surface area contributed by atoms with Gasteiger partial charge in [0.25, 0.3) is 0 Å². The van der Waals surface area contributed by atoms with Crippen molar-refractivity contribution in [1.29, 1.82) is 0 Å². The third kappa shape index (κ3) is 4.29. The average molecular weight is 265 g/mol. The summed E-state index contributed by atoms with van der Waals surface area (Å²) in [5.41, 5.74) is 0.931. The predicted molar refractivity (Wildman–Crippen MR) is 72.5 cm³/mol. The second-order valence-corrected chi connectivity index (χ2v) is 5.61. The Kier molecular flexibility index (Phi) is 4.99. The van der Waals surface area contributed by atoms with Gasteiger partial charge in [-0.15, -0.1) is 0 Å². The lowest BCUT2D eigenvalue weighted by Gasteiger charge is -2.22. The number of aryl methyl sites for hydroxylation is 1. The van der Waals surface area contributed by atoms with Crippen LogP contribution in [0.1, 0.15) is 37.8 Å². The molecule has 1 N–H and O–H groups in total. The van der Waals surface area contributed by atoms with Crippen LogP contribution in [0.25, 0.3) is 0 Å². The van der Waals surface area contributed by atoms with Crippen LogP contribution in [0, 0.1) is 6.92 Å². The molecule has 0 atom stereocenters. The molecule has 98 valence electrons. The Bertz CT molecular complexity index is 405. The predicted octanol–water partition coefficient (Wildman–Crippen LogP) is 2.33. The van der Waals surface area contributed by atoms with Crippen molar-refractivity contribution in [2.45, 2.75) is 50.2 Å². The van der Waals surface area contributed by atoms with Gasteiger partial charge in [0.2, 0.25) is 5.91 Å². The van der Waals surface area contributed by atoms with Crippen LogP contribution in [0.2, 0.25) is 0 Å². The molecule has 2 rings (SSSR count). The number of carbonyl (C=O) groups is 1. The van der Waals surface area contributed by atoms with Crippen LogP contribution in [0.3, 0.4) is 0 Å². The Morgan fingerprint density at radius 1 is 1.44 bits per heavy atom. The van der Waals surface area contributed by atoms with Gasteiger partial charge in [0.05, 0.1) is 5.75 Å². The summed E-state index contributed by atoms with van der Waals surface area (Å²) in [6, 6.07) is 2.23. The molecule has 0 aromatic carbocycles. The van der Waals surface area contributed by atoms with Gasteiger partial charge in [-0.05, 0) is 25.8 Å². The lowest BCUT2D eigenvalue weighted by Crippen LogP contribution is -2.37. The Morgan fingerprint density at radius 2 is 2.22 bits per heavy atom. The van der Waals surface area contributed by atoms with Crippen LogP contribution in [0.4, 0.5) is 0 Å². The van der Waals surface area contributed by atoms with Crippen molar-refractivity contribution in [2.75, 3.05) is 5.75 Å². The van der Waals surface area contributed by atoms with Gasteiger partial charge in [-0.25, -0.2) is 9.97 Å². The largest absolute Gasteiger partial charge is 0.353 e. The maximum atomic E-state index is 11.8. The van der Waals surface area contributed by atoms with E-state index in [-0.39, 0.29) is 5.91 Å². The topological polar surface area (TPSA) is 54.9 Å². The summed E-state index contributed by atoms with van der Waals surface area (Å²) in [4.78, 5) is 20.2. The number of rotatable bonds is 4. The Morgan fingerprint density at radius 3 is 2.94 bits per heavy atom. The van der Waals surface area contributed by atoms with Gasteiger partial charge in [-0.3, -0.25) is 4.79 Å². The Hall–Kier alpha value is -1.10. The third-order valence-corrected chi connectivity index (χ3v) is 3.94. The number of thioether (sulfide) groups is 1. The minimum absolute atomic E-state index is 0.0945. The van der Waals surface area contributed by atoms with Crippen molar-refractivity contribution in [2.24, 2.45) is 0 Å². The molecule has 1 aromatic heterocycles. The zero-order valence-electron chi connectivity index (χ0n) is 10.7. The monoisotopic (exact) mass is 265 g/mol. The molecule has 1 aromatic rings. The molecule has 1 amide bonds. The highest BCUT2D eigenvalue weighted by Crippen LogP contribution is 2.18. The highest BCUT2D eigenvalue weighted by molar-refractivity contribution is 7.99. The van der Waals surface area contributed by atoms with E-state index < -0.39 is 0 Å². The maximum Gasteiger partial charge on any atom is 0.230 e. The van der Waals surface area contributed by atoms with Crippen LogP contribution < -0.4 is 5.32 Å². The maximum absolute atomic E-state index is 11.8. The van der Waals surface area contributed by atoms with E-state index in [1.54, 1.807) is 6.20 Å². The Balaban J connectivity index is 1.74. The summed E-state index contributed by atoms with van der Waals surface area (Å²) in [5.74, 6) is 0.497. The van der Waals surface area contributed by atoms with Crippen molar-refractivity contribution >= 4 is 17.7 Å². The molecule has 0 spiro atoms. The first-order chi connectivity index (χ1) is 8.74. The molecule has 5 heteroatoms. The summed E-state index contributed by atoms with van der Waals surface area (Å²) < 4.78 is 0. The van der Waals surface area contributed by atoms with Crippen molar-refractivity contribution < 1.29 is 4.79 Å². The van der Waals surface area contributed by atoms with Gasteiger partial charge in [0.1, 0.15) is 0 Å². The first kappa shape index (κ1) is 13.3. The van der Waals surface area contributed by atoms with E-state index in [0.717, 1.165) is 18.5 Å². The highest BCUT2D eigenvalue weighted by Gasteiger charge is 2.15. The van der Waals surface area contributed by atoms with E-state index >= 15 is 0 Å². The van der Waals surface area contributed by atoms with E-state index in [1.165, 1.54) is 31.0 Å². The molecule has 0 bridgehead atoms. The summed E-state index contributed by atoms with van der Waals surface area (Å²) in [7, 11) is 0. The van der Waals surface area contributed by atoms with Crippen molar-refractivity contribution in [3.63, 3.8) is 0 Å². The fourth-order valence-corrected chi connectivity index (χ4v) is 2.83. The first-order valence-electron chi connectivity index (χ1n) is 6.46. The summed E-state index contributed by atoms with van der Waals surface area (Å²) in [5, 5.41) is 3.76. The molecule has 0 saturated heterocycles. The standard InChI is InChI=1S/C13H19N3OS/c1-10-7-8-14-13(15-10)18-9-12(17)16-11-5-3-2-4-6-11/h7-8,11H,2-6,9H2,1H3,(H,16,17). The molecular weight excluding hydrogens is 246 g/mol. The average Bonchev–Trinajstić information content (AvgIpc) is 2.38. The second-order valence-electron chi connectivity index (χ2n) is 4.67. The second kappa shape index (κ2) is 6.73. The number of hydrogen-bond donors (Lipinski definition) is 1. The van der Waals surface area contributed by atoms with Crippen LogP contribution in [0.5, 0.6) is 0 Å². The number of amides is 1. The zero-order chi connectivity index (χ0) is 12.8. The first-order valence-corrected chi connectivity index (χ1v) is 7.44. The number of nitrogens with zero attached hydrogens (tertiary/aromatic N) is 2. The van der Waals surface area contributed by atoms with Crippen LogP contribution >= 0.6 is 11.8 Å². The van der Waals surface area contributed by atoms with E-state index in [0.29, 0.717) is 17.0 Å². The fourth-order valence-electron chi connectivity index (χ4n) is 2.14. The highest BCUT2D eigenvalue weighted by atomic mass is 32.2. The number of nitrogens with one attached hydrogen (secondary N) is 1. The molecule has 1 aliphatic rings. The summed E-state index contributed by atoms with van der Waals surface area (Å²) >= 11 is 1.40. The molecular formula is C13H19N3OS.